The van der Waals surface area contributed by atoms with Crippen molar-refractivity contribution in [2.75, 3.05) is 0 Å². The van der Waals surface area contributed by atoms with Crippen LogP contribution in [-0.4, -0.2) is 21.1 Å². The highest BCUT2D eigenvalue weighted by Gasteiger charge is 2.38. The van der Waals surface area contributed by atoms with Crippen LogP contribution in [0.25, 0.3) is 11.5 Å². The molecule has 0 unspecified atom stereocenters. The third kappa shape index (κ3) is 3.01. The van der Waals surface area contributed by atoms with Crippen LogP contribution in [0.4, 0.5) is 13.2 Å². The van der Waals surface area contributed by atoms with E-state index in [4.69, 9.17) is 4.74 Å². The number of halogens is 3. The third-order valence-corrected chi connectivity index (χ3v) is 2.76. The zero-order chi connectivity index (χ0) is 15.0. The lowest BCUT2D eigenvalue weighted by molar-refractivity contribution is -0.159. The molecule has 110 valence electrons. The van der Waals surface area contributed by atoms with E-state index in [0.29, 0.717) is 0 Å². The summed E-state index contributed by atoms with van der Waals surface area (Å²) in [6, 6.07) is 2.76. The molecule has 0 atom stereocenters. The van der Waals surface area contributed by atoms with Crippen molar-refractivity contribution in [2.24, 2.45) is 5.92 Å². The van der Waals surface area contributed by atoms with Gasteiger partial charge in [0.2, 0.25) is 5.82 Å². The van der Waals surface area contributed by atoms with Gasteiger partial charge in [-0.1, -0.05) is 5.16 Å². The van der Waals surface area contributed by atoms with Crippen molar-refractivity contribution in [2.45, 2.75) is 19.0 Å². The van der Waals surface area contributed by atoms with E-state index in [-0.39, 0.29) is 29.2 Å². The number of carbonyl (C=O) groups excluding carboxylic acids is 1. The highest BCUT2D eigenvalue weighted by molar-refractivity contribution is 5.77. The number of ether oxygens (including phenoxy) is 1. The molecule has 3 rings (SSSR count). The fourth-order valence-corrected chi connectivity index (χ4v) is 1.53. The molecule has 0 aliphatic heterocycles. The van der Waals surface area contributed by atoms with Gasteiger partial charge in [-0.15, -0.1) is 0 Å². The number of hydrogen-bond donors (Lipinski definition) is 0. The standard InChI is InChI=1S/C12H8F3N3O3/c13-12(14,15)11-17-9(18-21-11)8-4-3-7(5-16-8)20-10(19)6-1-2-6/h3-6H,1-2H2. The summed E-state index contributed by atoms with van der Waals surface area (Å²) < 4.78 is 46.1. The first-order chi connectivity index (χ1) is 9.93. The topological polar surface area (TPSA) is 78.1 Å². The largest absolute Gasteiger partial charge is 0.471 e. The van der Waals surface area contributed by atoms with E-state index in [1.807, 2.05) is 0 Å². The summed E-state index contributed by atoms with van der Waals surface area (Å²) in [5.41, 5.74) is 0.0838. The van der Waals surface area contributed by atoms with Gasteiger partial charge in [0.25, 0.3) is 0 Å². The van der Waals surface area contributed by atoms with Crippen molar-refractivity contribution in [3.8, 4) is 17.3 Å². The normalized spacial score (nSPS) is 15.0. The molecule has 0 bridgehead atoms. The predicted octanol–water partition coefficient (Wildman–Crippen LogP) is 2.47. The molecular weight excluding hydrogens is 291 g/mol. The van der Waals surface area contributed by atoms with Gasteiger partial charge in [0, 0.05) is 0 Å². The summed E-state index contributed by atoms with van der Waals surface area (Å²) in [6.07, 6.45) is -1.86. The number of esters is 1. The molecule has 2 aromatic heterocycles. The van der Waals surface area contributed by atoms with Crippen LogP contribution >= 0.6 is 0 Å². The highest BCUT2D eigenvalue weighted by Crippen LogP contribution is 2.31. The SMILES string of the molecule is O=C(Oc1ccc(-c2noc(C(F)(F)F)n2)nc1)C1CC1. The van der Waals surface area contributed by atoms with Gasteiger partial charge in [-0.25, -0.2) is 4.98 Å². The average Bonchev–Trinajstić information content (AvgIpc) is 3.15. The second-order valence-corrected chi connectivity index (χ2v) is 4.50. The first kappa shape index (κ1) is 13.5. The lowest BCUT2D eigenvalue weighted by atomic mass is 10.3. The molecule has 6 nitrogen and oxygen atoms in total. The maximum absolute atomic E-state index is 12.3. The number of hydrogen-bond acceptors (Lipinski definition) is 6. The van der Waals surface area contributed by atoms with Gasteiger partial charge in [-0.05, 0) is 25.0 Å². The summed E-state index contributed by atoms with van der Waals surface area (Å²) in [5.74, 6) is -1.90. The molecule has 0 spiro atoms. The first-order valence-electron chi connectivity index (χ1n) is 6.02. The van der Waals surface area contributed by atoms with E-state index >= 15 is 0 Å². The maximum Gasteiger partial charge on any atom is 0.471 e. The minimum absolute atomic E-state index is 0.0590. The predicted molar refractivity (Wildman–Crippen MR) is 60.9 cm³/mol. The molecule has 21 heavy (non-hydrogen) atoms. The van der Waals surface area contributed by atoms with Crippen molar-refractivity contribution in [1.82, 2.24) is 15.1 Å². The molecule has 2 heterocycles. The Morgan fingerprint density at radius 2 is 2.10 bits per heavy atom. The molecule has 0 saturated heterocycles. The average molecular weight is 299 g/mol. The van der Waals surface area contributed by atoms with Crippen LogP contribution < -0.4 is 4.74 Å². The quantitative estimate of drug-likeness (QED) is 0.810. The molecule has 2 aromatic rings. The first-order valence-corrected chi connectivity index (χ1v) is 6.02. The van der Waals surface area contributed by atoms with Crippen LogP contribution in [0.15, 0.2) is 22.9 Å². The summed E-state index contributed by atoms with van der Waals surface area (Å²) in [6.45, 7) is 0. The number of carbonyl (C=O) groups is 1. The zero-order valence-electron chi connectivity index (χ0n) is 10.4. The van der Waals surface area contributed by atoms with Crippen LogP contribution in [0.5, 0.6) is 5.75 Å². The number of nitrogens with zero attached hydrogens (tertiary/aromatic N) is 3. The van der Waals surface area contributed by atoms with Gasteiger partial charge in [-0.3, -0.25) is 4.79 Å². The van der Waals surface area contributed by atoms with E-state index in [1.54, 1.807) is 0 Å². The van der Waals surface area contributed by atoms with Gasteiger partial charge < -0.3 is 9.26 Å². The van der Waals surface area contributed by atoms with E-state index in [0.717, 1.165) is 12.8 Å². The molecule has 0 amide bonds. The maximum atomic E-state index is 12.3. The van der Waals surface area contributed by atoms with E-state index in [1.165, 1.54) is 18.3 Å². The molecule has 1 aliphatic rings. The Bertz CT molecular complexity index is 662. The number of rotatable bonds is 3. The minimum Gasteiger partial charge on any atom is -0.425 e. The van der Waals surface area contributed by atoms with Crippen LogP contribution in [0.3, 0.4) is 0 Å². The third-order valence-electron chi connectivity index (χ3n) is 2.76. The fourth-order valence-electron chi connectivity index (χ4n) is 1.53. The summed E-state index contributed by atoms with van der Waals surface area (Å²) in [4.78, 5) is 18.5. The smallest absolute Gasteiger partial charge is 0.425 e. The minimum atomic E-state index is -4.70. The number of pyridine rings is 1. The number of aromatic nitrogens is 3. The van der Waals surface area contributed by atoms with Crippen molar-refractivity contribution in [1.29, 1.82) is 0 Å². The van der Waals surface area contributed by atoms with Crippen molar-refractivity contribution >= 4 is 5.97 Å². The Morgan fingerprint density at radius 1 is 1.33 bits per heavy atom. The Balaban J connectivity index is 1.74. The summed E-state index contributed by atoms with van der Waals surface area (Å²) in [5, 5.41) is 3.21. The number of alkyl halides is 3. The second kappa shape index (κ2) is 4.83. The van der Waals surface area contributed by atoms with Crippen LogP contribution in [0.1, 0.15) is 18.7 Å². The van der Waals surface area contributed by atoms with Crippen molar-refractivity contribution in [3.63, 3.8) is 0 Å². The van der Waals surface area contributed by atoms with E-state index < -0.39 is 12.1 Å². The summed E-state index contributed by atoms with van der Waals surface area (Å²) >= 11 is 0. The van der Waals surface area contributed by atoms with Gasteiger partial charge in [0.1, 0.15) is 11.4 Å². The van der Waals surface area contributed by atoms with Gasteiger partial charge in [-0.2, -0.15) is 18.2 Å². The molecule has 9 heteroatoms. The van der Waals surface area contributed by atoms with Crippen LogP contribution in [0, 0.1) is 5.92 Å². The Labute approximate surface area is 115 Å². The Morgan fingerprint density at radius 3 is 2.62 bits per heavy atom. The monoisotopic (exact) mass is 299 g/mol. The molecular formula is C12H8F3N3O3. The second-order valence-electron chi connectivity index (χ2n) is 4.50. The van der Waals surface area contributed by atoms with E-state index in [9.17, 15) is 18.0 Å². The zero-order valence-corrected chi connectivity index (χ0v) is 10.4. The lowest BCUT2D eigenvalue weighted by Gasteiger charge is -2.02. The molecule has 0 aromatic carbocycles. The van der Waals surface area contributed by atoms with Gasteiger partial charge in [0.05, 0.1) is 12.1 Å². The molecule has 0 N–H and O–H groups in total. The Kier molecular flexibility index (Phi) is 3.11. The molecule has 1 saturated carbocycles. The molecule has 1 aliphatic carbocycles. The molecule has 0 radical (unpaired) electrons. The fraction of sp³-hybridized carbons (Fsp3) is 0.333. The van der Waals surface area contributed by atoms with Gasteiger partial charge in [0.15, 0.2) is 0 Å². The van der Waals surface area contributed by atoms with Crippen molar-refractivity contribution in [3.05, 3.63) is 24.2 Å². The lowest BCUT2D eigenvalue weighted by Crippen LogP contribution is -2.09. The molecule has 1 fully saturated rings. The van der Waals surface area contributed by atoms with Gasteiger partial charge >= 0.3 is 18.0 Å². The Hall–Kier alpha value is -2.45. The van der Waals surface area contributed by atoms with Crippen LogP contribution in [0.2, 0.25) is 0 Å². The van der Waals surface area contributed by atoms with Crippen LogP contribution in [-0.2, 0) is 11.0 Å². The van der Waals surface area contributed by atoms with Crippen molar-refractivity contribution < 1.29 is 27.2 Å². The summed E-state index contributed by atoms with van der Waals surface area (Å²) in [7, 11) is 0. The highest BCUT2D eigenvalue weighted by atomic mass is 19.4. The van der Waals surface area contributed by atoms with E-state index in [2.05, 4.69) is 19.6 Å².